The molecule has 2 aromatic carbocycles. The highest BCUT2D eigenvalue weighted by atomic mass is 16.7. The van der Waals surface area contributed by atoms with Crippen LogP contribution in [0.25, 0.3) is 0 Å². The molecule has 0 bridgehead atoms. The van der Waals surface area contributed by atoms with Gasteiger partial charge in [-0.3, -0.25) is 0 Å². The lowest BCUT2D eigenvalue weighted by Gasteiger charge is -2.14. The standard InChI is InChI=1S/C16H17NO3/c1-11-3-2-4-12(7-11)14(18)9-17-13-5-6-15-16(8-13)20-10-19-15/h2-8,14,17-18H,9-10H2,1H3. The summed E-state index contributed by atoms with van der Waals surface area (Å²) >= 11 is 0. The van der Waals surface area contributed by atoms with Crippen LogP contribution in [0.5, 0.6) is 11.5 Å². The van der Waals surface area contributed by atoms with Crippen LogP contribution < -0.4 is 14.8 Å². The minimum Gasteiger partial charge on any atom is -0.454 e. The van der Waals surface area contributed by atoms with E-state index in [1.54, 1.807) is 0 Å². The lowest BCUT2D eigenvalue weighted by molar-refractivity contribution is 0.174. The van der Waals surface area contributed by atoms with Gasteiger partial charge in [-0.1, -0.05) is 29.8 Å². The van der Waals surface area contributed by atoms with Gasteiger partial charge in [-0.2, -0.15) is 0 Å². The minimum atomic E-state index is -0.541. The highest BCUT2D eigenvalue weighted by Gasteiger charge is 2.14. The molecule has 1 aliphatic heterocycles. The van der Waals surface area contributed by atoms with Gasteiger partial charge in [0.1, 0.15) is 0 Å². The van der Waals surface area contributed by atoms with E-state index in [1.807, 2.05) is 49.4 Å². The van der Waals surface area contributed by atoms with Crippen molar-refractivity contribution in [2.24, 2.45) is 0 Å². The molecule has 4 nitrogen and oxygen atoms in total. The van der Waals surface area contributed by atoms with Gasteiger partial charge in [0.15, 0.2) is 11.5 Å². The maximum absolute atomic E-state index is 10.2. The van der Waals surface area contributed by atoms with Gasteiger partial charge >= 0.3 is 0 Å². The van der Waals surface area contributed by atoms with Crippen molar-refractivity contribution >= 4 is 5.69 Å². The first-order valence-corrected chi connectivity index (χ1v) is 6.60. The highest BCUT2D eigenvalue weighted by Crippen LogP contribution is 2.34. The Bertz CT molecular complexity index is 612. The molecule has 0 saturated heterocycles. The van der Waals surface area contributed by atoms with Crippen LogP contribution in [0.3, 0.4) is 0 Å². The number of aliphatic hydroxyl groups excluding tert-OH is 1. The van der Waals surface area contributed by atoms with Crippen molar-refractivity contribution in [1.82, 2.24) is 0 Å². The van der Waals surface area contributed by atoms with E-state index in [4.69, 9.17) is 9.47 Å². The van der Waals surface area contributed by atoms with Crippen LogP contribution in [0.2, 0.25) is 0 Å². The maximum Gasteiger partial charge on any atom is 0.231 e. The van der Waals surface area contributed by atoms with Gasteiger partial charge in [-0.25, -0.2) is 0 Å². The van der Waals surface area contributed by atoms with E-state index in [0.29, 0.717) is 6.54 Å². The summed E-state index contributed by atoms with van der Waals surface area (Å²) in [4.78, 5) is 0. The van der Waals surface area contributed by atoms with E-state index in [2.05, 4.69) is 5.32 Å². The maximum atomic E-state index is 10.2. The molecule has 0 saturated carbocycles. The van der Waals surface area contributed by atoms with Crippen LogP contribution in [-0.2, 0) is 0 Å². The average molecular weight is 271 g/mol. The summed E-state index contributed by atoms with van der Waals surface area (Å²) in [6.45, 7) is 2.73. The number of fused-ring (bicyclic) bond motifs is 1. The van der Waals surface area contributed by atoms with Crippen LogP contribution in [0.4, 0.5) is 5.69 Å². The molecule has 0 aliphatic carbocycles. The molecule has 20 heavy (non-hydrogen) atoms. The van der Waals surface area contributed by atoms with Crippen LogP contribution in [0.15, 0.2) is 42.5 Å². The number of hydrogen-bond donors (Lipinski definition) is 2. The third-order valence-corrected chi connectivity index (χ3v) is 3.30. The van der Waals surface area contributed by atoms with Gasteiger partial charge in [0.2, 0.25) is 6.79 Å². The van der Waals surface area contributed by atoms with E-state index in [9.17, 15) is 5.11 Å². The predicted molar refractivity (Wildman–Crippen MR) is 77.2 cm³/mol. The van der Waals surface area contributed by atoms with E-state index in [0.717, 1.165) is 28.3 Å². The van der Waals surface area contributed by atoms with Gasteiger partial charge < -0.3 is 19.9 Å². The first-order chi connectivity index (χ1) is 9.72. The summed E-state index contributed by atoms with van der Waals surface area (Å²) in [5.74, 6) is 1.50. The summed E-state index contributed by atoms with van der Waals surface area (Å²) in [6, 6.07) is 13.5. The predicted octanol–water partition coefficient (Wildman–Crippen LogP) is 2.87. The summed E-state index contributed by atoms with van der Waals surface area (Å²) in [6.07, 6.45) is -0.541. The second kappa shape index (κ2) is 5.43. The number of rotatable bonds is 4. The van der Waals surface area contributed by atoms with Gasteiger partial charge in [-0.15, -0.1) is 0 Å². The lowest BCUT2D eigenvalue weighted by atomic mass is 10.1. The molecule has 1 unspecified atom stereocenters. The Morgan fingerprint density at radius 2 is 2.00 bits per heavy atom. The molecule has 1 aliphatic rings. The second-order valence-electron chi connectivity index (χ2n) is 4.88. The molecule has 0 radical (unpaired) electrons. The molecule has 0 fully saturated rings. The molecular formula is C16H17NO3. The SMILES string of the molecule is Cc1cccc(C(O)CNc2ccc3c(c2)OCO3)c1. The van der Waals surface area contributed by atoms with Crippen LogP contribution >= 0.6 is 0 Å². The Morgan fingerprint density at radius 3 is 2.85 bits per heavy atom. The largest absolute Gasteiger partial charge is 0.454 e. The average Bonchev–Trinajstić information content (AvgIpc) is 2.92. The molecular weight excluding hydrogens is 254 g/mol. The van der Waals surface area contributed by atoms with E-state index in [1.165, 1.54) is 0 Å². The molecule has 0 amide bonds. The molecule has 0 aromatic heterocycles. The van der Waals surface area contributed by atoms with Crippen molar-refractivity contribution in [3.05, 3.63) is 53.6 Å². The molecule has 2 aromatic rings. The summed E-state index contributed by atoms with van der Waals surface area (Å²) in [5.41, 5.74) is 2.96. The van der Waals surface area contributed by atoms with Crippen molar-refractivity contribution in [1.29, 1.82) is 0 Å². The molecule has 4 heteroatoms. The van der Waals surface area contributed by atoms with Crippen molar-refractivity contribution in [2.75, 3.05) is 18.7 Å². The number of hydrogen-bond acceptors (Lipinski definition) is 4. The van der Waals surface area contributed by atoms with E-state index in [-0.39, 0.29) is 6.79 Å². The number of anilines is 1. The Balaban J connectivity index is 1.64. The Hall–Kier alpha value is -2.20. The monoisotopic (exact) mass is 271 g/mol. The highest BCUT2D eigenvalue weighted by molar-refractivity contribution is 5.55. The van der Waals surface area contributed by atoms with E-state index >= 15 is 0 Å². The fraction of sp³-hybridized carbons (Fsp3) is 0.250. The Morgan fingerprint density at radius 1 is 1.15 bits per heavy atom. The number of aryl methyl sites for hydroxylation is 1. The van der Waals surface area contributed by atoms with Gasteiger partial charge in [0.05, 0.1) is 6.10 Å². The van der Waals surface area contributed by atoms with Crippen molar-refractivity contribution in [3.63, 3.8) is 0 Å². The molecule has 3 rings (SSSR count). The molecule has 104 valence electrons. The van der Waals surface area contributed by atoms with Crippen LogP contribution in [-0.4, -0.2) is 18.4 Å². The normalized spacial score (nSPS) is 14.1. The number of ether oxygens (including phenoxy) is 2. The fourth-order valence-corrected chi connectivity index (χ4v) is 2.22. The zero-order chi connectivity index (χ0) is 13.9. The van der Waals surface area contributed by atoms with Crippen molar-refractivity contribution < 1.29 is 14.6 Å². The number of nitrogens with one attached hydrogen (secondary N) is 1. The van der Waals surface area contributed by atoms with Gasteiger partial charge in [0, 0.05) is 18.3 Å². The minimum absolute atomic E-state index is 0.269. The Labute approximate surface area is 118 Å². The molecule has 1 heterocycles. The Kier molecular flexibility index (Phi) is 3.48. The third kappa shape index (κ3) is 2.70. The van der Waals surface area contributed by atoms with Gasteiger partial charge in [0.25, 0.3) is 0 Å². The molecule has 2 N–H and O–H groups in total. The van der Waals surface area contributed by atoms with Crippen molar-refractivity contribution in [3.8, 4) is 11.5 Å². The van der Waals surface area contributed by atoms with Crippen LogP contribution in [0.1, 0.15) is 17.2 Å². The first-order valence-electron chi connectivity index (χ1n) is 6.60. The van der Waals surface area contributed by atoms with Gasteiger partial charge in [-0.05, 0) is 24.6 Å². The summed E-state index contributed by atoms with van der Waals surface area (Å²) < 4.78 is 10.6. The quantitative estimate of drug-likeness (QED) is 0.897. The topological polar surface area (TPSA) is 50.7 Å². The smallest absolute Gasteiger partial charge is 0.231 e. The molecule has 0 spiro atoms. The van der Waals surface area contributed by atoms with E-state index < -0.39 is 6.10 Å². The lowest BCUT2D eigenvalue weighted by Crippen LogP contribution is -2.12. The third-order valence-electron chi connectivity index (χ3n) is 3.30. The fourth-order valence-electron chi connectivity index (χ4n) is 2.22. The summed E-state index contributed by atoms with van der Waals surface area (Å²) in [5, 5.41) is 13.4. The zero-order valence-corrected chi connectivity index (χ0v) is 11.3. The van der Waals surface area contributed by atoms with Crippen molar-refractivity contribution in [2.45, 2.75) is 13.0 Å². The zero-order valence-electron chi connectivity index (χ0n) is 11.3. The number of aliphatic hydroxyl groups is 1. The second-order valence-corrected chi connectivity index (χ2v) is 4.88. The first kappa shape index (κ1) is 12.8. The number of benzene rings is 2. The molecule has 1 atom stereocenters. The van der Waals surface area contributed by atoms with Crippen LogP contribution in [0, 0.1) is 6.92 Å². The summed E-state index contributed by atoms with van der Waals surface area (Å²) in [7, 11) is 0.